The minimum absolute atomic E-state index is 0.155. The van der Waals surface area contributed by atoms with Gasteiger partial charge in [-0.1, -0.05) is 24.3 Å². The molecule has 1 fully saturated rings. The molecule has 0 aliphatic carbocycles. The Labute approximate surface area is 143 Å². The summed E-state index contributed by atoms with van der Waals surface area (Å²) >= 11 is 0. The summed E-state index contributed by atoms with van der Waals surface area (Å²) in [6.07, 6.45) is 0. The Bertz CT molecular complexity index is 763. The summed E-state index contributed by atoms with van der Waals surface area (Å²) in [5.74, 6) is -1.90. The molecule has 2 aromatic rings. The number of hydrogen-bond donors (Lipinski definition) is 1. The van der Waals surface area contributed by atoms with Crippen LogP contribution in [0.3, 0.4) is 0 Å². The summed E-state index contributed by atoms with van der Waals surface area (Å²) in [5, 5.41) is 2.45. The van der Waals surface area contributed by atoms with Crippen LogP contribution in [0.1, 0.15) is 5.56 Å². The van der Waals surface area contributed by atoms with E-state index in [1.54, 1.807) is 4.90 Å². The van der Waals surface area contributed by atoms with E-state index in [0.29, 0.717) is 13.1 Å². The Morgan fingerprint density at radius 2 is 1.68 bits per heavy atom. The van der Waals surface area contributed by atoms with Crippen LogP contribution >= 0.6 is 0 Å². The number of rotatable bonds is 5. The molecule has 3 rings (SSSR count). The summed E-state index contributed by atoms with van der Waals surface area (Å²) in [6.45, 7) is 0.479. The number of carbonyl (C=O) groups is 2. The fourth-order valence-corrected chi connectivity index (χ4v) is 2.69. The van der Waals surface area contributed by atoms with E-state index in [2.05, 4.69) is 5.32 Å². The molecule has 0 saturated carbocycles. The third-order valence-corrected chi connectivity index (χ3v) is 4.02. The van der Waals surface area contributed by atoms with E-state index in [0.717, 1.165) is 17.8 Å². The Kier molecular flexibility index (Phi) is 4.92. The van der Waals surface area contributed by atoms with Crippen LogP contribution in [-0.2, 0) is 11.3 Å². The van der Waals surface area contributed by atoms with E-state index < -0.39 is 17.5 Å². The van der Waals surface area contributed by atoms with E-state index in [4.69, 9.17) is 0 Å². The topological polar surface area (TPSA) is 52.7 Å². The molecule has 7 heteroatoms. The van der Waals surface area contributed by atoms with Crippen LogP contribution in [0.2, 0.25) is 0 Å². The molecule has 1 aliphatic rings. The molecule has 0 radical (unpaired) electrons. The van der Waals surface area contributed by atoms with Gasteiger partial charge in [-0.05, 0) is 24.3 Å². The highest BCUT2D eigenvalue weighted by Gasteiger charge is 2.30. The van der Waals surface area contributed by atoms with Crippen molar-refractivity contribution < 1.29 is 18.4 Å². The van der Waals surface area contributed by atoms with Crippen LogP contribution in [0.5, 0.6) is 0 Å². The van der Waals surface area contributed by atoms with Crippen molar-refractivity contribution in [2.24, 2.45) is 0 Å². The first-order chi connectivity index (χ1) is 12.1. The first kappa shape index (κ1) is 16.9. The second-order valence-electron chi connectivity index (χ2n) is 5.67. The maximum Gasteiger partial charge on any atom is 0.325 e. The molecule has 1 aliphatic heterocycles. The van der Waals surface area contributed by atoms with Gasteiger partial charge in [0, 0.05) is 30.9 Å². The van der Waals surface area contributed by atoms with E-state index in [9.17, 15) is 18.4 Å². The van der Waals surface area contributed by atoms with Crippen LogP contribution < -0.4 is 10.2 Å². The van der Waals surface area contributed by atoms with Crippen molar-refractivity contribution in [3.8, 4) is 0 Å². The third-order valence-electron chi connectivity index (χ3n) is 4.02. The Morgan fingerprint density at radius 3 is 2.36 bits per heavy atom. The Morgan fingerprint density at radius 1 is 1.00 bits per heavy atom. The number of nitrogens with zero attached hydrogens (tertiary/aromatic N) is 2. The Balaban J connectivity index is 1.56. The number of halogens is 2. The van der Waals surface area contributed by atoms with Crippen LogP contribution in [0.15, 0.2) is 48.5 Å². The molecule has 1 saturated heterocycles. The SMILES string of the molecule is O=C(CN1CCN(c2ccccc2)C1=O)NCc1c(F)cccc1F. The lowest BCUT2D eigenvalue weighted by Gasteiger charge is -2.18. The number of carbonyl (C=O) groups excluding carboxylic acids is 2. The monoisotopic (exact) mass is 345 g/mol. The molecule has 2 aromatic carbocycles. The highest BCUT2D eigenvalue weighted by molar-refractivity contribution is 5.96. The molecule has 0 spiro atoms. The van der Waals surface area contributed by atoms with Crippen molar-refractivity contribution in [3.63, 3.8) is 0 Å². The molecule has 25 heavy (non-hydrogen) atoms. The molecule has 1 N–H and O–H groups in total. The zero-order chi connectivity index (χ0) is 17.8. The summed E-state index contributed by atoms with van der Waals surface area (Å²) in [7, 11) is 0. The molecular formula is C18H17F2N3O2. The number of hydrogen-bond acceptors (Lipinski definition) is 2. The van der Waals surface area contributed by atoms with Crippen molar-refractivity contribution >= 4 is 17.6 Å². The molecule has 0 unspecified atom stereocenters. The number of urea groups is 1. The first-order valence-corrected chi connectivity index (χ1v) is 7.87. The zero-order valence-electron chi connectivity index (χ0n) is 13.4. The molecule has 0 aromatic heterocycles. The minimum atomic E-state index is -0.715. The zero-order valence-corrected chi connectivity index (χ0v) is 13.4. The average Bonchev–Trinajstić information content (AvgIpc) is 2.96. The summed E-state index contributed by atoms with van der Waals surface area (Å²) in [6, 6.07) is 12.4. The van der Waals surface area contributed by atoms with Crippen molar-refractivity contribution in [1.82, 2.24) is 10.2 Å². The van der Waals surface area contributed by atoms with Crippen molar-refractivity contribution in [3.05, 3.63) is 65.7 Å². The normalized spacial score (nSPS) is 14.1. The molecule has 0 bridgehead atoms. The smallest absolute Gasteiger partial charge is 0.325 e. The number of nitrogens with one attached hydrogen (secondary N) is 1. The number of para-hydroxylation sites is 1. The van der Waals surface area contributed by atoms with Gasteiger partial charge in [0.1, 0.15) is 18.2 Å². The van der Waals surface area contributed by atoms with Gasteiger partial charge in [-0.25, -0.2) is 13.6 Å². The van der Waals surface area contributed by atoms with Crippen LogP contribution in [0.4, 0.5) is 19.3 Å². The second kappa shape index (κ2) is 7.29. The number of anilines is 1. The largest absolute Gasteiger partial charge is 0.350 e. The predicted molar refractivity (Wildman–Crippen MR) is 89.0 cm³/mol. The van der Waals surface area contributed by atoms with Gasteiger partial charge >= 0.3 is 6.03 Å². The summed E-state index contributed by atoms with van der Waals surface area (Å²) in [4.78, 5) is 27.4. The van der Waals surface area contributed by atoms with Gasteiger partial charge in [0.05, 0.1) is 0 Å². The van der Waals surface area contributed by atoms with Gasteiger partial charge in [0.25, 0.3) is 0 Å². The second-order valence-corrected chi connectivity index (χ2v) is 5.67. The highest BCUT2D eigenvalue weighted by atomic mass is 19.1. The van der Waals surface area contributed by atoms with Gasteiger partial charge in [-0.3, -0.25) is 9.69 Å². The molecule has 3 amide bonds. The fraction of sp³-hybridized carbons (Fsp3) is 0.222. The van der Waals surface area contributed by atoms with Crippen molar-refractivity contribution in [1.29, 1.82) is 0 Å². The minimum Gasteiger partial charge on any atom is -0.350 e. The van der Waals surface area contributed by atoms with E-state index in [-0.39, 0.29) is 24.7 Å². The molecular weight excluding hydrogens is 328 g/mol. The molecule has 5 nitrogen and oxygen atoms in total. The van der Waals surface area contributed by atoms with E-state index in [1.807, 2.05) is 30.3 Å². The molecule has 130 valence electrons. The molecule has 0 atom stereocenters. The average molecular weight is 345 g/mol. The van der Waals surface area contributed by atoms with E-state index in [1.165, 1.54) is 11.0 Å². The van der Waals surface area contributed by atoms with Crippen LogP contribution in [0, 0.1) is 11.6 Å². The van der Waals surface area contributed by atoms with Gasteiger partial charge in [0.2, 0.25) is 5.91 Å². The predicted octanol–water partition coefficient (Wildman–Crippen LogP) is 2.52. The van der Waals surface area contributed by atoms with Gasteiger partial charge in [-0.15, -0.1) is 0 Å². The van der Waals surface area contributed by atoms with Crippen LogP contribution in [-0.4, -0.2) is 36.5 Å². The number of benzene rings is 2. The maximum atomic E-state index is 13.5. The lowest BCUT2D eigenvalue weighted by Crippen LogP contribution is -2.39. The highest BCUT2D eigenvalue weighted by Crippen LogP contribution is 2.19. The van der Waals surface area contributed by atoms with Crippen LogP contribution in [0.25, 0.3) is 0 Å². The van der Waals surface area contributed by atoms with Crippen molar-refractivity contribution in [2.45, 2.75) is 6.54 Å². The lowest BCUT2D eigenvalue weighted by molar-refractivity contribution is -0.121. The standard InChI is InChI=1S/C18H17F2N3O2/c19-15-7-4-8-16(20)14(15)11-21-17(24)12-22-9-10-23(18(22)25)13-5-2-1-3-6-13/h1-8H,9-12H2,(H,21,24). The summed E-state index contributed by atoms with van der Waals surface area (Å²) in [5.41, 5.74) is 0.568. The van der Waals surface area contributed by atoms with Gasteiger partial charge in [-0.2, -0.15) is 0 Å². The van der Waals surface area contributed by atoms with Crippen molar-refractivity contribution in [2.75, 3.05) is 24.5 Å². The van der Waals surface area contributed by atoms with E-state index >= 15 is 0 Å². The lowest BCUT2D eigenvalue weighted by atomic mass is 10.2. The van der Waals surface area contributed by atoms with Gasteiger partial charge < -0.3 is 10.2 Å². The summed E-state index contributed by atoms with van der Waals surface area (Å²) < 4.78 is 27.1. The quantitative estimate of drug-likeness (QED) is 0.905. The Hall–Kier alpha value is -2.96. The maximum absolute atomic E-state index is 13.5. The number of amides is 3. The molecule has 1 heterocycles. The fourth-order valence-electron chi connectivity index (χ4n) is 2.69. The first-order valence-electron chi connectivity index (χ1n) is 7.87. The third kappa shape index (κ3) is 3.76. The van der Waals surface area contributed by atoms with Gasteiger partial charge in [0.15, 0.2) is 0 Å².